The molecule has 0 radical (unpaired) electrons. The Labute approximate surface area is 188 Å². The Hall–Kier alpha value is -3.06. The lowest BCUT2D eigenvalue weighted by molar-refractivity contribution is -0.129. The van der Waals surface area contributed by atoms with E-state index in [-0.39, 0.29) is 23.9 Å². The van der Waals surface area contributed by atoms with Crippen LogP contribution in [0.25, 0.3) is 0 Å². The number of likely N-dealkylation sites (tertiary alicyclic amines) is 1. The van der Waals surface area contributed by atoms with Crippen LogP contribution in [0.4, 0.5) is 11.4 Å². The second-order valence-electron chi connectivity index (χ2n) is 9.18. The smallest absolute Gasteiger partial charge is 0.250 e. The third-order valence-corrected chi connectivity index (χ3v) is 6.83. The molecular weight excluding hydrogens is 406 g/mol. The molecule has 7 nitrogen and oxygen atoms in total. The van der Waals surface area contributed by atoms with Gasteiger partial charge in [0.15, 0.2) is 11.5 Å². The number of carbonyl (C=O) groups excluding carboxylic acids is 2. The van der Waals surface area contributed by atoms with Crippen LogP contribution in [0.3, 0.4) is 0 Å². The zero-order valence-electron chi connectivity index (χ0n) is 18.8. The molecule has 168 valence electrons. The van der Waals surface area contributed by atoms with Crippen LogP contribution in [0.1, 0.15) is 45.2 Å². The fraction of sp³-hybridized carbons (Fsp3) is 0.440. The molecule has 2 aromatic rings. The highest BCUT2D eigenvalue weighted by atomic mass is 16.6. The van der Waals surface area contributed by atoms with Crippen LogP contribution >= 0.6 is 0 Å². The van der Waals surface area contributed by atoms with Crippen LogP contribution < -0.4 is 19.7 Å². The number of fused-ring (bicyclic) bond motifs is 2. The first kappa shape index (κ1) is 20.8. The van der Waals surface area contributed by atoms with Gasteiger partial charge < -0.3 is 14.8 Å². The van der Waals surface area contributed by atoms with Gasteiger partial charge in [-0.15, -0.1) is 0 Å². The summed E-state index contributed by atoms with van der Waals surface area (Å²) in [6.07, 6.45) is 1.98. The SMILES string of the molecule is C[C@H](C(=O)N1c2ccccc2NC(=O)C1(C)C)N1CCC[C@H]1c1ccc2c(c1)OCCO2. The molecule has 3 aliphatic rings. The molecule has 2 amide bonds. The van der Waals surface area contributed by atoms with Crippen molar-refractivity contribution in [2.45, 2.75) is 51.2 Å². The zero-order chi connectivity index (χ0) is 22.5. The van der Waals surface area contributed by atoms with Crippen LogP contribution in [0.15, 0.2) is 42.5 Å². The Morgan fingerprint density at radius 2 is 1.88 bits per heavy atom. The monoisotopic (exact) mass is 435 g/mol. The van der Waals surface area contributed by atoms with Crippen LogP contribution in [0.2, 0.25) is 0 Å². The summed E-state index contributed by atoms with van der Waals surface area (Å²) in [4.78, 5) is 30.6. The molecular formula is C25H29N3O4. The number of amides is 2. The van der Waals surface area contributed by atoms with Gasteiger partial charge in [-0.05, 0) is 70.0 Å². The van der Waals surface area contributed by atoms with Gasteiger partial charge in [-0.25, -0.2) is 0 Å². The molecule has 0 aliphatic carbocycles. The fourth-order valence-corrected chi connectivity index (χ4v) is 5.05. The number of nitrogens with one attached hydrogen (secondary N) is 1. The highest BCUT2D eigenvalue weighted by Gasteiger charge is 2.46. The van der Waals surface area contributed by atoms with Crippen LogP contribution in [-0.2, 0) is 9.59 Å². The van der Waals surface area contributed by atoms with Crippen molar-refractivity contribution in [2.24, 2.45) is 0 Å². The van der Waals surface area contributed by atoms with Gasteiger partial charge in [0.2, 0.25) is 11.8 Å². The number of hydrogen-bond donors (Lipinski definition) is 1. The second kappa shape index (κ2) is 7.81. The molecule has 1 N–H and O–H groups in total. The number of hydrogen-bond acceptors (Lipinski definition) is 5. The summed E-state index contributed by atoms with van der Waals surface area (Å²) in [6, 6.07) is 13.3. The number of para-hydroxylation sites is 2. The first-order valence-electron chi connectivity index (χ1n) is 11.3. The maximum Gasteiger partial charge on any atom is 0.250 e. The molecule has 32 heavy (non-hydrogen) atoms. The molecule has 3 aliphatic heterocycles. The average Bonchev–Trinajstić information content (AvgIpc) is 3.28. The van der Waals surface area contributed by atoms with Gasteiger partial charge in [0, 0.05) is 6.04 Å². The summed E-state index contributed by atoms with van der Waals surface area (Å²) in [6.45, 7) is 7.48. The lowest BCUT2D eigenvalue weighted by atomic mass is 9.94. The maximum absolute atomic E-state index is 13.9. The van der Waals surface area contributed by atoms with Crippen molar-refractivity contribution in [1.29, 1.82) is 0 Å². The first-order valence-corrected chi connectivity index (χ1v) is 11.3. The largest absolute Gasteiger partial charge is 0.486 e. The van der Waals surface area contributed by atoms with Crippen molar-refractivity contribution in [3.63, 3.8) is 0 Å². The molecule has 0 aromatic heterocycles. The Balaban J connectivity index is 1.45. The summed E-state index contributed by atoms with van der Waals surface area (Å²) in [5.41, 5.74) is 1.56. The summed E-state index contributed by atoms with van der Waals surface area (Å²) in [7, 11) is 0. The van der Waals surface area contributed by atoms with Gasteiger partial charge in [0.25, 0.3) is 0 Å². The number of nitrogens with zero attached hydrogens (tertiary/aromatic N) is 2. The third-order valence-electron chi connectivity index (χ3n) is 6.83. The topological polar surface area (TPSA) is 71.1 Å². The minimum atomic E-state index is -0.980. The number of rotatable bonds is 3. The van der Waals surface area contributed by atoms with Crippen molar-refractivity contribution in [3.8, 4) is 11.5 Å². The lowest BCUT2D eigenvalue weighted by Crippen LogP contribution is -2.62. The third kappa shape index (κ3) is 3.32. The van der Waals surface area contributed by atoms with E-state index in [2.05, 4.69) is 16.3 Å². The summed E-state index contributed by atoms with van der Waals surface area (Å²) < 4.78 is 11.4. The van der Waals surface area contributed by atoms with Gasteiger partial charge in [-0.2, -0.15) is 0 Å². The molecule has 5 rings (SSSR count). The predicted molar refractivity (Wildman–Crippen MR) is 122 cm³/mol. The van der Waals surface area contributed by atoms with Crippen LogP contribution in [0.5, 0.6) is 11.5 Å². The molecule has 1 saturated heterocycles. The second-order valence-corrected chi connectivity index (χ2v) is 9.18. The van der Waals surface area contributed by atoms with E-state index in [1.165, 1.54) is 0 Å². The number of anilines is 2. The van der Waals surface area contributed by atoms with Gasteiger partial charge in [0.1, 0.15) is 18.8 Å². The van der Waals surface area contributed by atoms with Gasteiger partial charge >= 0.3 is 0 Å². The molecule has 0 saturated carbocycles. The van der Waals surface area contributed by atoms with E-state index >= 15 is 0 Å². The van der Waals surface area contributed by atoms with E-state index in [0.29, 0.717) is 18.9 Å². The first-order chi connectivity index (χ1) is 15.4. The molecule has 0 unspecified atom stereocenters. The number of carbonyl (C=O) groups is 2. The Morgan fingerprint density at radius 3 is 2.69 bits per heavy atom. The van der Waals surface area contributed by atoms with Crippen molar-refractivity contribution < 1.29 is 19.1 Å². The van der Waals surface area contributed by atoms with E-state index in [9.17, 15) is 9.59 Å². The summed E-state index contributed by atoms with van der Waals surface area (Å²) in [5, 5.41) is 2.93. The van der Waals surface area contributed by atoms with Gasteiger partial charge in [0.05, 0.1) is 17.4 Å². The summed E-state index contributed by atoms with van der Waals surface area (Å²) >= 11 is 0. The molecule has 3 heterocycles. The Bertz CT molecular complexity index is 1070. The molecule has 7 heteroatoms. The Kier molecular flexibility index (Phi) is 5.08. The lowest BCUT2D eigenvalue weighted by Gasteiger charge is -2.44. The van der Waals surface area contributed by atoms with Crippen molar-refractivity contribution in [2.75, 3.05) is 30.0 Å². The maximum atomic E-state index is 13.9. The Morgan fingerprint density at radius 1 is 1.12 bits per heavy atom. The number of ether oxygens (including phenoxy) is 2. The van der Waals surface area contributed by atoms with Crippen molar-refractivity contribution >= 4 is 23.2 Å². The normalized spacial score (nSPS) is 22.8. The van der Waals surface area contributed by atoms with E-state index < -0.39 is 5.54 Å². The average molecular weight is 436 g/mol. The molecule has 2 aromatic carbocycles. The quantitative estimate of drug-likeness (QED) is 0.795. The highest BCUT2D eigenvalue weighted by molar-refractivity contribution is 6.15. The molecule has 0 spiro atoms. The zero-order valence-corrected chi connectivity index (χ0v) is 18.8. The van der Waals surface area contributed by atoms with Crippen LogP contribution in [0, 0.1) is 0 Å². The molecule has 1 fully saturated rings. The van der Waals surface area contributed by atoms with E-state index in [1.54, 1.807) is 18.7 Å². The van der Waals surface area contributed by atoms with Crippen molar-refractivity contribution in [1.82, 2.24) is 4.90 Å². The minimum absolute atomic E-state index is 0.0678. The highest BCUT2D eigenvalue weighted by Crippen LogP contribution is 2.41. The van der Waals surface area contributed by atoms with Crippen LogP contribution in [-0.4, -0.2) is 48.1 Å². The molecule has 2 atom stereocenters. The standard InChI is InChI=1S/C25H29N3O4/c1-16(23(29)28-20-8-5-4-7-18(20)26-24(30)25(28,2)3)27-12-6-9-19(27)17-10-11-21-22(15-17)32-14-13-31-21/h4-5,7-8,10-11,15-16,19H,6,9,12-14H2,1-3H3,(H,26,30)/t16-,19+/m1/s1. The molecule has 0 bridgehead atoms. The minimum Gasteiger partial charge on any atom is -0.486 e. The predicted octanol–water partition coefficient (Wildman–Crippen LogP) is 3.75. The van der Waals surface area contributed by atoms with Crippen molar-refractivity contribution in [3.05, 3.63) is 48.0 Å². The van der Waals surface area contributed by atoms with E-state index in [4.69, 9.17) is 9.47 Å². The number of benzene rings is 2. The van der Waals surface area contributed by atoms with Gasteiger partial charge in [-0.3, -0.25) is 19.4 Å². The van der Waals surface area contributed by atoms with Gasteiger partial charge in [-0.1, -0.05) is 18.2 Å². The summed E-state index contributed by atoms with van der Waals surface area (Å²) in [5.74, 6) is 1.29. The fourth-order valence-electron chi connectivity index (χ4n) is 5.05. The van der Waals surface area contributed by atoms with E-state index in [0.717, 1.165) is 42.1 Å². The van der Waals surface area contributed by atoms with E-state index in [1.807, 2.05) is 43.3 Å².